The van der Waals surface area contributed by atoms with E-state index >= 15 is 0 Å². The average Bonchev–Trinajstić information content (AvgIpc) is 2.47. The highest BCUT2D eigenvalue weighted by Gasteiger charge is 2.12. The van der Waals surface area contributed by atoms with Gasteiger partial charge in [-0.15, -0.1) is 6.42 Å². The number of rotatable bonds is 1. The summed E-state index contributed by atoms with van der Waals surface area (Å²) in [5.41, 5.74) is 3.11. The molecule has 0 aliphatic heterocycles. The van der Waals surface area contributed by atoms with Crippen molar-refractivity contribution in [2.45, 2.75) is 52.9 Å². The van der Waals surface area contributed by atoms with E-state index in [2.05, 4.69) is 100 Å². The predicted molar refractivity (Wildman–Crippen MR) is 106 cm³/mol. The van der Waals surface area contributed by atoms with Crippen LogP contribution >= 0.6 is 0 Å². The van der Waals surface area contributed by atoms with E-state index in [0.29, 0.717) is 5.92 Å². The predicted octanol–water partition coefficient (Wildman–Crippen LogP) is 5.74. The summed E-state index contributed by atoms with van der Waals surface area (Å²) in [4.78, 5) is 0. The average molecular weight is 296 g/mol. The standard InChI is InChI=1S/C13H20.C9H4.4H2/c1-10(2)11-6-8-12(9-7-11)13(3,4)5;1-3-5-7-9-8-6-4-2;;;;/h6-10H,1-5H3;1H,2H3;4*1H. The Balaban J connectivity index is -0.000000103. The van der Waals surface area contributed by atoms with Gasteiger partial charge in [0.25, 0.3) is 0 Å². The van der Waals surface area contributed by atoms with Crippen LogP contribution in [0, 0.1) is 47.9 Å². The summed E-state index contributed by atoms with van der Waals surface area (Å²) in [5, 5.41) is 0. The maximum absolute atomic E-state index is 4.82. The van der Waals surface area contributed by atoms with Gasteiger partial charge in [-0.2, -0.15) is 0 Å². The van der Waals surface area contributed by atoms with Crippen LogP contribution in [0.2, 0.25) is 0 Å². The van der Waals surface area contributed by atoms with Crippen molar-refractivity contribution in [1.29, 1.82) is 0 Å². The van der Waals surface area contributed by atoms with Crippen molar-refractivity contribution in [2.75, 3.05) is 0 Å². The Kier molecular flexibility index (Phi) is 9.04. The van der Waals surface area contributed by atoms with Crippen molar-refractivity contribution in [1.82, 2.24) is 0 Å². The Hall–Kier alpha value is -2.54. The molecule has 120 valence electrons. The summed E-state index contributed by atoms with van der Waals surface area (Å²) < 4.78 is 0. The normalized spacial score (nSPS) is 8.64. The van der Waals surface area contributed by atoms with Crippen LogP contribution in [0.5, 0.6) is 0 Å². The van der Waals surface area contributed by atoms with Crippen LogP contribution in [0.15, 0.2) is 24.3 Å². The molecule has 0 amide bonds. The molecule has 22 heavy (non-hydrogen) atoms. The fraction of sp³-hybridized carbons (Fsp3) is 0.364. The Morgan fingerprint density at radius 3 is 1.82 bits per heavy atom. The van der Waals surface area contributed by atoms with Gasteiger partial charge in [-0.3, -0.25) is 0 Å². The molecule has 0 heteroatoms. The van der Waals surface area contributed by atoms with Gasteiger partial charge >= 0.3 is 0 Å². The van der Waals surface area contributed by atoms with Gasteiger partial charge in [0, 0.05) is 5.71 Å². The van der Waals surface area contributed by atoms with E-state index in [9.17, 15) is 0 Å². The first-order valence-corrected chi connectivity index (χ1v) is 7.30. The number of terminal acetylenes is 1. The van der Waals surface area contributed by atoms with Crippen LogP contribution in [-0.4, -0.2) is 0 Å². The van der Waals surface area contributed by atoms with Gasteiger partial charge < -0.3 is 0 Å². The van der Waals surface area contributed by atoms with Gasteiger partial charge in [-0.1, -0.05) is 64.8 Å². The summed E-state index contributed by atoms with van der Waals surface area (Å²) in [6.45, 7) is 12.9. The van der Waals surface area contributed by atoms with Crippen LogP contribution in [0.1, 0.15) is 64.3 Å². The second-order valence-corrected chi connectivity index (χ2v) is 6.05. The first kappa shape index (κ1) is 19.5. The second-order valence-electron chi connectivity index (χ2n) is 6.05. The van der Waals surface area contributed by atoms with E-state index in [1.54, 1.807) is 6.92 Å². The van der Waals surface area contributed by atoms with Crippen LogP contribution in [-0.2, 0) is 5.41 Å². The molecule has 1 rings (SSSR count). The Labute approximate surface area is 142 Å². The van der Waals surface area contributed by atoms with Crippen molar-refractivity contribution in [3.8, 4) is 47.9 Å². The van der Waals surface area contributed by atoms with E-state index in [4.69, 9.17) is 6.42 Å². The molecule has 0 radical (unpaired) electrons. The van der Waals surface area contributed by atoms with Gasteiger partial charge in [0.1, 0.15) is 0 Å². The number of benzene rings is 1. The van der Waals surface area contributed by atoms with Crippen molar-refractivity contribution in [3.63, 3.8) is 0 Å². The molecule has 0 heterocycles. The molecular weight excluding hydrogens is 264 g/mol. The summed E-state index contributed by atoms with van der Waals surface area (Å²) >= 11 is 0. The summed E-state index contributed by atoms with van der Waals surface area (Å²) in [6, 6.07) is 8.97. The van der Waals surface area contributed by atoms with Gasteiger partial charge in [0.15, 0.2) is 0 Å². The molecule has 0 unspecified atom stereocenters. The molecule has 0 aliphatic rings. The van der Waals surface area contributed by atoms with Crippen molar-refractivity contribution in [3.05, 3.63) is 35.4 Å². The van der Waals surface area contributed by atoms with Crippen molar-refractivity contribution in [2.24, 2.45) is 0 Å². The fourth-order valence-corrected chi connectivity index (χ4v) is 1.56. The minimum atomic E-state index is 0. The zero-order valence-electron chi connectivity index (χ0n) is 14.5. The van der Waals surface area contributed by atoms with Crippen LogP contribution in [0.25, 0.3) is 0 Å². The number of hydrogen-bond donors (Lipinski definition) is 0. The third kappa shape index (κ3) is 8.60. The molecule has 1 aromatic rings. The van der Waals surface area contributed by atoms with E-state index in [1.165, 1.54) is 11.1 Å². The van der Waals surface area contributed by atoms with Gasteiger partial charge in [0.05, 0.1) is 0 Å². The van der Waals surface area contributed by atoms with Crippen LogP contribution in [0.3, 0.4) is 0 Å². The van der Waals surface area contributed by atoms with Crippen LogP contribution in [0.4, 0.5) is 0 Å². The van der Waals surface area contributed by atoms with E-state index in [-0.39, 0.29) is 11.1 Å². The third-order valence-corrected chi connectivity index (χ3v) is 2.89. The summed E-state index contributed by atoms with van der Waals surface area (Å²) in [5.74, 6) is 17.6. The lowest BCUT2D eigenvalue weighted by Crippen LogP contribution is -2.10. The third-order valence-electron chi connectivity index (χ3n) is 2.89. The van der Waals surface area contributed by atoms with E-state index in [0.717, 1.165) is 0 Å². The topological polar surface area (TPSA) is 0 Å². The van der Waals surface area contributed by atoms with Gasteiger partial charge in [0.2, 0.25) is 0 Å². The molecule has 0 fully saturated rings. The molecule has 0 nitrogen and oxygen atoms in total. The first-order valence-electron chi connectivity index (χ1n) is 7.30. The van der Waals surface area contributed by atoms with Crippen LogP contribution < -0.4 is 0 Å². The molecule has 0 aromatic heterocycles. The van der Waals surface area contributed by atoms with Crippen molar-refractivity contribution >= 4 is 0 Å². The quantitative estimate of drug-likeness (QED) is 0.580. The maximum atomic E-state index is 4.82. The molecule has 0 saturated heterocycles. The smallest absolute Gasteiger partial charge is 0 e. The SMILES string of the molecule is C#CC#CC#CC#CC.CC(C)c1ccc(C(C)(C)C)cc1.[HH].[HH].[HH].[HH]. The summed E-state index contributed by atoms with van der Waals surface area (Å²) in [7, 11) is 0. The minimum absolute atomic E-state index is 0. The molecule has 1 aromatic carbocycles. The van der Waals surface area contributed by atoms with E-state index in [1.807, 2.05) is 0 Å². The lowest BCUT2D eigenvalue weighted by Gasteiger charge is -2.19. The lowest BCUT2D eigenvalue weighted by molar-refractivity contribution is 0.589. The molecule has 0 spiro atoms. The Bertz CT molecular complexity index is 683. The second kappa shape index (κ2) is 10.2. The van der Waals surface area contributed by atoms with E-state index < -0.39 is 0 Å². The summed E-state index contributed by atoms with van der Waals surface area (Å²) in [6.07, 6.45) is 4.82. The van der Waals surface area contributed by atoms with Gasteiger partial charge in [-0.25, -0.2) is 0 Å². The minimum Gasteiger partial charge on any atom is -0.106 e. The largest absolute Gasteiger partial charge is 0.106 e. The zero-order valence-corrected chi connectivity index (χ0v) is 14.5. The fourth-order valence-electron chi connectivity index (χ4n) is 1.56. The molecular formula is C22H32. The lowest BCUT2D eigenvalue weighted by atomic mass is 9.86. The molecule has 0 N–H and O–H groups in total. The first-order chi connectivity index (χ1) is 10.3. The Morgan fingerprint density at radius 2 is 1.41 bits per heavy atom. The maximum Gasteiger partial charge on any atom is 0 e. The highest BCUT2D eigenvalue weighted by molar-refractivity contribution is 5.38. The monoisotopic (exact) mass is 296 g/mol. The Morgan fingerprint density at radius 1 is 0.909 bits per heavy atom. The highest BCUT2D eigenvalue weighted by Crippen LogP contribution is 2.24. The number of hydrogen-bond acceptors (Lipinski definition) is 0. The van der Waals surface area contributed by atoms with Gasteiger partial charge in [-0.05, 0) is 64.9 Å². The molecule has 0 atom stereocenters. The molecule has 0 aliphatic carbocycles. The molecule has 0 saturated carbocycles. The molecule has 0 bridgehead atoms. The highest BCUT2D eigenvalue weighted by atomic mass is 14.2. The zero-order chi connectivity index (χ0) is 17.0. The van der Waals surface area contributed by atoms with Crippen molar-refractivity contribution < 1.29 is 5.71 Å².